The number of anilines is 1. The van der Waals surface area contributed by atoms with Gasteiger partial charge in [-0.25, -0.2) is 4.79 Å². The first-order chi connectivity index (χ1) is 7.59. The highest BCUT2D eigenvalue weighted by molar-refractivity contribution is 6.16. The van der Waals surface area contributed by atoms with Gasteiger partial charge in [0.1, 0.15) is 5.56 Å². The first kappa shape index (κ1) is 10.3. The lowest BCUT2D eigenvalue weighted by Crippen LogP contribution is -2.26. The molecule has 6 heteroatoms. The highest BCUT2D eigenvalue weighted by Gasteiger charge is 2.31. The van der Waals surface area contributed by atoms with E-state index in [9.17, 15) is 14.4 Å². The van der Waals surface area contributed by atoms with Crippen LogP contribution in [-0.4, -0.2) is 34.3 Å². The summed E-state index contributed by atoms with van der Waals surface area (Å²) < 4.78 is 0. The van der Waals surface area contributed by atoms with Crippen LogP contribution in [0, 0.1) is 0 Å². The molecular formula is C10H8N2O4. The Hall–Kier alpha value is -2.24. The second-order valence-electron chi connectivity index (χ2n) is 3.39. The van der Waals surface area contributed by atoms with E-state index in [1.165, 1.54) is 17.2 Å². The smallest absolute Gasteiger partial charge is 0.339 e. The van der Waals surface area contributed by atoms with Crippen molar-refractivity contribution in [2.75, 3.05) is 11.4 Å². The topological polar surface area (TPSA) is 87.6 Å². The molecule has 0 bridgehead atoms. The summed E-state index contributed by atoms with van der Waals surface area (Å²) in [6.45, 7) is -0.0663. The van der Waals surface area contributed by atoms with E-state index in [-0.39, 0.29) is 35.9 Å². The van der Waals surface area contributed by atoms with Gasteiger partial charge in [-0.1, -0.05) is 0 Å². The van der Waals surface area contributed by atoms with Gasteiger partial charge in [0.15, 0.2) is 5.78 Å². The quantitative estimate of drug-likeness (QED) is 0.713. The molecule has 0 aliphatic carbocycles. The molecule has 0 saturated carbocycles. The van der Waals surface area contributed by atoms with Crippen molar-refractivity contribution in [2.45, 2.75) is 6.42 Å². The third kappa shape index (κ3) is 1.65. The highest BCUT2D eigenvalue weighted by atomic mass is 16.4. The van der Waals surface area contributed by atoms with Gasteiger partial charge in [0.25, 0.3) is 0 Å². The SMILES string of the molecule is O=C1CC(=O)N(c2ccncc2C(=O)O)C1. The maximum Gasteiger partial charge on any atom is 0.339 e. The number of carboxylic acid groups (broad SMARTS) is 1. The van der Waals surface area contributed by atoms with Crippen molar-refractivity contribution in [1.29, 1.82) is 0 Å². The predicted molar refractivity (Wildman–Crippen MR) is 53.2 cm³/mol. The van der Waals surface area contributed by atoms with Gasteiger partial charge < -0.3 is 10.0 Å². The molecule has 1 aromatic heterocycles. The lowest BCUT2D eigenvalue weighted by atomic mass is 10.2. The van der Waals surface area contributed by atoms with Crippen LogP contribution in [0.2, 0.25) is 0 Å². The molecule has 0 spiro atoms. The van der Waals surface area contributed by atoms with Gasteiger partial charge in [0.05, 0.1) is 18.7 Å². The molecule has 16 heavy (non-hydrogen) atoms. The number of hydrogen-bond donors (Lipinski definition) is 1. The van der Waals surface area contributed by atoms with Crippen LogP contribution < -0.4 is 4.90 Å². The number of rotatable bonds is 2. The number of hydrogen-bond acceptors (Lipinski definition) is 4. The predicted octanol–water partition coefficient (Wildman–Crippen LogP) is 0.0856. The van der Waals surface area contributed by atoms with E-state index in [0.717, 1.165) is 6.20 Å². The number of carbonyl (C=O) groups excluding carboxylic acids is 2. The fourth-order valence-electron chi connectivity index (χ4n) is 1.59. The van der Waals surface area contributed by atoms with Gasteiger partial charge in [0.2, 0.25) is 5.91 Å². The third-order valence-corrected chi connectivity index (χ3v) is 2.30. The highest BCUT2D eigenvalue weighted by Crippen LogP contribution is 2.23. The third-order valence-electron chi connectivity index (χ3n) is 2.30. The second kappa shape index (κ2) is 3.73. The van der Waals surface area contributed by atoms with E-state index >= 15 is 0 Å². The van der Waals surface area contributed by atoms with Gasteiger partial charge in [0, 0.05) is 12.4 Å². The number of aromatic nitrogens is 1. The molecule has 0 atom stereocenters. The first-order valence-corrected chi connectivity index (χ1v) is 4.59. The van der Waals surface area contributed by atoms with Crippen LogP contribution in [0.5, 0.6) is 0 Å². The Bertz CT molecular complexity index is 483. The number of nitrogens with zero attached hydrogens (tertiary/aromatic N) is 2. The summed E-state index contributed by atoms with van der Waals surface area (Å²) in [5, 5.41) is 8.92. The lowest BCUT2D eigenvalue weighted by molar-refractivity contribution is -0.121. The minimum absolute atomic E-state index is 0.0663. The minimum atomic E-state index is -1.17. The maximum atomic E-state index is 11.5. The largest absolute Gasteiger partial charge is 0.478 e. The fraction of sp³-hybridized carbons (Fsp3) is 0.200. The molecule has 1 N–H and O–H groups in total. The van der Waals surface area contributed by atoms with Gasteiger partial charge in [-0.2, -0.15) is 0 Å². The Kier molecular flexibility index (Phi) is 2.40. The maximum absolute atomic E-state index is 11.5. The van der Waals surface area contributed by atoms with Gasteiger partial charge >= 0.3 is 5.97 Å². The Balaban J connectivity index is 2.44. The number of Topliss-reactive ketones (excluding diaryl/α,β-unsaturated/α-hetero) is 1. The van der Waals surface area contributed by atoms with E-state index in [4.69, 9.17) is 5.11 Å². The summed E-state index contributed by atoms with van der Waals surface area (Å²) in [5.74, 6) is -1.76. The van der Waals surface area contributed by atoms with Crippen molar-refractivity contribution in [1.82, 2.24) is 4.98 Å². The zero-order valence-electron chi connectivity index (χ0n) is 8.21. The summed E-state index contributed by atoms with van der Waals surface area (Å²) >= 11 is 0. The number of aromatic carboxylic acids is 1. The van der Waals surface area contributed by atoms with Gasteiger partial charge in [-0.15, -0.1) is 0 Å². The van der Waals surface area contributed by atoms with Gasteiger partial charge in [-0.3, -0.25) is 14.6 Å². The molecule has 1 saturated heterocycles. The Morgan fingerprint density at radius 3 is 2.75 bits per heavy atom. The van der Waals surface area contributed by atoms with Crippen molar-refractivity contribution in [3.63, 3.8) is 0 Å². The molecule has 2 rings (SSSR count). The summed E-state index contributed by atoms with van der Waals surface area (Å²) in [7, 11) is 0. The molecule has 0 radical (unpaired) electrons. The molecule has 1 aromatic rings. The van der Waals surface area contributed by atoms with Crippen molar-refractivity contribution >= 4 is 23.3 Å². The van der Waals surface area contributed by atoms with Gasteiger partial charge in [-0.05, 0) is 6.07 Å². The number of carboxylic acids is 1. The van der Waals surface area contributed by atoms with E-state index in [2.05, 4.69) is 4.98 Å². The Morgan fingerprint density at radius 2 is 2.19 bits per heavy atom. The first-order valence-electron chi connectivity index (χ1n) is 4.59. The number of carbonyl (C=O) groups is 3. The molecule has 1 amide bonds. The van der Waals surface area contributed by atoms with Crippen LogP contribution in [0.3, 0.4) is 0 Å². The molecule has 0 unspecified atom stereocenters. The van der Waals surface area contributed by atoms with Crippen LogP contribution in [0.25, 0.3) is 0 Å². The molecule has 2 heterocycles. The van der Waals surface area contributed by atoms with E-state index in [1.54, 1.807) is 0 Å². The van der Waals surface area contributed by atoms with Crippen LogP contribution in [0.15, 0.2) is 18.5 Å². The lowest BCUT2D eigenvalue weighted by Gasteiger charge is -2.16. The Morgan fingerprint density at radius 1 is 1.44 bits per heavy atom. The molecule has 1 fully saturated rings. The van der Waals surface area contributed by atoms with E-state index < -0.39 is 5.97 Å². The monoisotopic (exact) mass is 220 g/mol. The average molecular weight is 220 g/mol. The van der Waals surface area contributed by atoms with Crippen molar-refractivity contribution in [3.05, 3.63) is 24.0 Å². The molecule has 0 aromatic carbocycles. The minimum Gasteiger partial charge on any atom is -0.478 e. The van der Waals surface area contributed by atoms with Crippen molar-refractivity contribution < 1.29 is 19.5 Å². The standard InChI is InChI=1S/C10H8N2O4/c13-6-3-9(14)12(5-6)8-1-2-11-4-7(8)10(15)16/h1-2,4H,3,5H2,(H,15,16). The average Bonchev–Trinajstić information content (AvgIpc) is 2.57. The molecular weight excluding hydrogens is 212 g/mol. The van der Waals surface area contributed by atoms with Crippen molar-refractivity contribution in [2.24, 2.45) is 0 Å². The second-order valence-corrected chi connectivity index (χ2v) is 3.39. The molecule has 1 aliphatic heterocycles. The number of ketones is 1. The Labute approximate surface area is 90.5 Å². The summed E-state index contributed by atoms with van der Waals surface area (Å²) in [6.07, 6.45) is 2.38. The van der Waals surface area contributed by atoms with Crippen LogP contribution in [0.1, 0.15) is 16.8 Å². The summed E-state index contributed by atoms with van der Waals surface area (Å²) in [4.78, 5) is 38.3. The van der Waals surface area contributed by atoms with E-state index in [1.807, 2.05) is 0 Å². The van der Waals surface area contributed by atoms with E-state index in [0.29, 0.717) is 0 Å². The normalized spacial score (nSPS) is 15.6. The fourth-order valence-corrected chi connectivity index (χ4v) is 1.59. The molecule has 6 nitrogen and oxygen atoms in total. The summed E-state index contributed by atoms with van der Waals surface area (Å²) in [6, 6.07) is 1.42. The van der Waals surface area contributed by atoms with Crippen LogP contribution >= 0.6 is 0 Å². The van der Waals surface area contributed by atoms with Crippen LogP contribution in [-0.2, 0) is 9.59 Å². The molecule has 82 valence electrons. The summed E-state index contributed by atoms with van der Waals surface area (Å²) in [5.41, 5.74) is 0.143. The number of amides is 1. The number of pyridine rings is 1. The molecule has 1 aliphatic rings. The van der Waals surface area contributed by atoms with Crippen molar-refractivity contribution in [3.8, 4) is 0 Å². The zero-order chi connectivity index (χ0) is 11.7. The zero-order valence-corrected chi connectivity index (χ0v) is 8.21. The van der Waals surface area contributed by atoms with Crippen LogP contribution in [0.4, 0.5) is 5.69 Å².